The summed E-state index contributed by atoms with van der Waals surface area (Å²) in [6, 6.07) is 77.1. The van der Waals surface area contributed by atoms with Crippen LogP contribution in [-0.4, -0.2) is 4.57 Å². The molecular formula is C57H34N2. The molecule has 1 aromatic heterocycles. The van der Waals surface area contributed by atoms with Crippen LogP contribution in [0.3, 0.4) is 0 Å². The van der Waals surface area contributed by atoms with Crippen molar-refractivity contribution in [2.45, 2.75) is 0 Å². The lowest BCUT2D eigenvalue weighted by Gasteiger charge is -2.19. The summed E-state index contributed by atoms with van der Waals surface area (Å²) in [4.78, 5) is 0. The zero-order chi connectivity index (χ0) is 39.0. The number of nitriles is 1. The van der Waals surface area contributed by atoms with Crippen molar-refractivity contribution >= 4 is 75.7 Å². The Bertz CT molecular complexity index is 3640. The number of hydrogen-bond donors (Lipinski definition) is 0. The first-order chi connectivity index (χ1) is 29.2. The highest BCUT2D eigenvalue weighted by Gasteiger charge is 2.20. The fraction of sp³-hybridized carbons (Fsp3) is 0. The van der Waals surface area contributed by atoms with E-state index in [1.165, 1.54) is 97.9 Å². The number of nitrogens with zero attached hydrogens (tertiary/aromatic N) is 2. The molecule has 0 saturated heterocycles. The van der Waals surface area contributed by atoms with Gasteiger partial charge in [0, 0.05) is 16.5 Å². The average molecular weight is 747 g/mol. The van der Waals surface area contributed by atoms with Crippen molar-refractivity contribution in [2.24, 2.45) is 0 Å². The van der Waals surface area contributed by atoms with Crippen molar-refractivity contribution in [2.75, 3.05) is 0 Å². The highest BCUT2D eigenvalue weighted by atomic mass is 15.0. The molecule has 11 aromatic carbocycles. The minimum Gasteiger partial charge on any atom is -0.309 e. The second-order valence-electron chi connectivity index (χ2n) is 15.5. The van der Waals surface area contributed by atoms with Crippen molar-refractivity contribution in [3.8, 4) is 45.1 Å². The van der Waals surface area contributed by atoms with Gasteiger partial charge < -0.3 is 4.57 Å². The Morgan fingerprint density at radius 1 is 0.288 bits per heavy atom. The molecule has 0 aliphatic rings. The van der Waals surface area contributed by atoms with Gasteiger partial charge in [-0.1, -0.05) is 158 Å². The molecule has 0 aliphatic heterocycles. The molecule has 59 heavy (non-hydrogen) atoms. The van der Waals surface area contributed by atoms with E-state index in [0.717, 1.165) is 16.8 Å². The summed E-state index contributed by atoms with van der Waals surface area (Å²) in [5, 5.41) is 24.3. The van der Waals surface area contributed by atoms with Gasteiger partial charge >= 0.3 is 0 Å². The van der Waals surface area contributed by atoms with E-state index in [-0.39, 0.29) is 0 Å². The summed E-state index contributed by atoms with van der Waals surface area (Å²) >= 11 is 0. The van der Waals surface area contributed by atoms with E-state index >= 15 is 0 Å². The Morgan fingerprint density at radius 2 is 0.729 bits per heavy atom. The molecule has 0 bridgehead atoms. The Hall–Kier alpha value is -7.99. The van der Waals surface area contributed by atoms with Crippen LogP contribution in [0.2, 0.25) is 0 Å². The van der Waals surface area contributed by atoms with Gasteiger partial charge in [0.05, 0.1) is 22.7 Å². The second-order valence-corrected chi connectivity index (χ2v) is 15.5. The van der Waals surface area contributed by atoms with E-state index in [4.69, 9.17) is 0 Å². The lowest BCUT2D eigenvalue weighted by atomic mass is 9.84. The third-order valence-electron chi connectivity index (χ3n) is 12.4. The summed E-state index contributed by atoms with van der Waals surface area (Å²) in [7, 11) is 0. The van der Waals surface area contributed by atoms with Gasteiger partial charge in [-0.3, -0.25) is 0 Å². The number of para-hydroxylation sites is 2. The normalized spacial score (nSPS) is 11.7. The molecule has 0 radical (unpaired) electrons. The maximum absolute atomic E-state index is 9.30. The Balaban J connectivity index is 1.10. The van der Waals surface area contributed by atoms with Crippen LogP contribution in [0, 0.1) is 11.3 Å². The molecule has 2 heteroatoms. The molecular weight excluding hydrogens is 713 g/mol. The van der Waals surface area contributed by atoms with Crippen molar-refractivity contribution in [1.29, 1.82) is 5.26 Å². The molecule has 0 N–H and O–H groups in total. The van der Waals surface area contributed by atoms with Crippen LogP contribution < -0.4 is 0 Å². The summed E-state index contributed by atoms with van der Waals surface area (Å²) < 4.78 is 2.42. The van der Waals surface area contributed by atoms with Crippen molar-refractivity contribution in [3.05, 3.63) is 212 Å². The summed E-state index contributed by atoms with van der Waals surface area (Å²) in [5.74, 6) is 0. The molecule has 272 valence electrons. The summed E-state index contributed by atoms with van der Waals surface area (Å²) in [6.07, 6.45) is 0. The van der Waals surface area contributed by atoms with Gasteiger partial charge in [-0.25, -0.2) is 0 Å². The monoisotopic (exact) mass is 746 g/mol. The number of aromatic nitrogens is 1. The molecule has 0 aliphatic carbocycles. The van der Waals surface area contributed by atoms with Gasteiger partial charge in [-0.15, -0.1) is 0 Å². The Labute approximate surface area is 341 Å². The van der Waals surface area contributed by atoms with E-state index in [1.807, 2.05) is 24.3 Å². The zero-order valence-corrected chi connectivity index (χ0v) is 32.0. The third kappa shape index (κ3) is 5.05. The van der Waals surface area contributed by atoms with Crippen molar-refractivity contribution in [3.63, 3.8) is 0 Å². The summed E-state index contributed by atoms with van der Waals surface area (Å²) in [5.41, 5.74) is 11.3. The van der Waals surface area contributed by atoms with Gasteiger partial charge in [0.2, 0.25) is 0 Å². The first-order valence-electron chi connectivity index (χ1n) is 20.1. The molecule has 0 atom stereocenters. The predicted octanol–water partition coefficient (Wildman–Crippen LogP) is 15.4. The maximum atomic E-state index is 9.30. The van der Waals surface area contributed by atoms with Crippen molar-refractivity contribution < 1.29 is 0 Å². The van der Waals surface area contributed by atoms with Gasteiger partial charge in [-0.05, 0) is 136 Å². The van der Waals surface area contributed by atoms with Gasteiger partial charge in [0.25, 0.3) is 0 Å². The molecule has 2 nitrogen and oxygen atoms in total. The topological polar surface area (TPSA) is 28.7 Å². The number of hydrogen-bond acceptors (Lipinski definition) is 1. The van der Waals surface area contributed by atoms with Crippen LogP contribution >= 0.6 is 0 Å². The van der Waals surface area contributed by atoms with E-state index in [1.54, 1.807) is 0 Å². The standard InChI is InChI=1S/C57H34N2/c58-35-36-22-24-37(25-23-36)38-26-28-39(29-27-38)56-46-17-6-8-19-48(46)57(49-20-9-7-18-47(49)56)40-30-31-44-50(32-40)42-14-4-5-15-43(42)51-33-53-45-16-10-11-21-54(45)59(55(53)34-52(44)51)41-12-2-1-3-13-41/h1-34H. The largest absolute Gasteiger partial charge is 0.309 e. The fourth-order valence-electron chi connectivity index (χ4n) is 9.74. The van der Waals surface area contributed by atoms with Crippen LogP contribution in [0.1, 0.15) is 5.56 Å². The first kappa shape index (κ1) is 33.2. The van der Waals surface area contributed by atoms with Crippen LogP contribution in [0.25, 0.3) is 115 Å². The maximum Gasteiger partial charge on any atom is 0.0991 e. The Kier molecular flexibility index (Phi) is 7.33. The number of fused-ring (bicyclic) bond motifs is 11. The number of benzene rings is 11. The highest BCUT2D eigenvalue weighted by molar-refractivity contribution is 6.30. The van der Waals surface area contributed by atoms with E-state index < -0.39 is 0 Å². The predicted molar refractivity (Wildman–Crippen MR) is 249 cm³/mol. The quantitative estimate of drug-likeness (QED) is 0.130. The zero-order valence-electron chi connectivity index (χ0n) is 32.0. The Morgan fingerprint density at radius 3 is 1.34 bits per heavy atom. The first-order valence-corrected chi connectivity index (χ1v) is 20.1. The second kappa shape index (κ2) is 13.0. The molecule has 0 saturated carbocycles. The molecule has 0 amide bonds. The van der Waals surface area contributed by atoms with E-state index in [2.05, 4.69) is 193 Å². The van der Waals surface area contributed by atoms with Crippen LogP contribution in [-0.2, 0) is 0 Å². The molecule has 0 unspecified atom stereocenters. The minimum absolute atomic E-state index is 0.668. The highest BCUT2D eigenvalue weighted by Crippen LogP contribution is 2.46. The summed E-state index contributed by atoms with van der Waals surface area (Å²) in [6.45, 7) is 0. The molecule has 1 heterocycles. The van der Waals surface area contributed by atoms with Crippen LogP contribution in [0.5, 0.6) is 0 Å². The van der Waals surface area contributed by atoms with Gasteiger partial charge in [0.15, 0.2) is 0 Å². The molecule has 0 fully saturated rings. The lowest BCUT2D eigenvalue weighted by Crippen LogP contribution is -1.93. The smallest absolute Gasteiger partial charge is 0.0991 e. The fourth-order valence-corrected chi connectivity index (χ4v) is 9.74. The lowest BCUT2D eigenvalue weighted by molar-refractivity contribution is 1.18. The SMILES string of the molecule is N#Cc1ccc(-c2ccc(-c3c4ccccc4c(-c4ccc5c(c4)c4ccccc4c4cc6c7ccccc7n(-c7ccccc7)c6cc54)c4ccccc34)cc2)cc1. The van der Waals surface area contributed by atoms with E-state index in [9.17, 15) is 5.26 Å². The molecule has 12 rings (SSSR count). The average Bonchev–Trinajstić information content (AvgIpc) is 3.63. The minimum atomic E-state index is 0.668. The molecule has 0 spiro atoms. The van der Waals surface area contributed by atoms with Gasteiger partial charge in [-0.2, -0.15) is 5.26 Å². The van der Waals surface area contributed by atoms with Crippen LogP contribution in [0.4, 0.5) is 0 Å². The molecule has 12 aromatic rings. The van der Waals surface area contributed by atoms with Crippen molar-refractivity contribution in [1.82, 2.24) is 4.57 Å². The number of rotatable bonds is 4. The van der Waals surface area contributed by atoms with Crippen LogP contribution in [0.15, 0.2) is 206 Å². The van der Waals surface area contributed by atoms with E-state index in [0.29, 0.717) is 5.56 Å². The van der Waals surface area contributed by atoms with Gasteiger partial charge in [0.1, 0.15) is 0 Å². The third-order valence-corrected chi connectivity index (χ3v) is 12.4.